The molecule has 4 nitrogen and oxygen atoms in total. The van der Waals surface area contributed by atoms with E-state index >= 15 is 0 Å². The summed E-state index contributed by atoms with van der Waals surface area (Å²) >= 11 is 0. The second kappa shape index (κ2) is 8.89. The Labute approximate surface area is 148 Å². The van der Waals surface area contributed by atoms with E-state index in [9.17, 15) is 0 Å². The van der Waals surface area contributed by atoms with Crippen molar-refractivity contribution in [3.05, 3.63) is 53.7 Å². The number of hydrogen-bond acceptors (Lipinski definition) is 2. The minimum absolute atomic E-state index is 0. The number of aromatic nitrogens is 1. The van der Waals surface area contributed by atoms with E-state index in [-0.39, 0.29) is 32.1 Å². The van der Waals surface area contributed by atoms with Crippen LogP contribution in [0.5, 0.6) is 0 Å². The van der Waals surface area contributed by atoms with Crippen LogP contribution in [0.4, 0.5) is 0 Å². The van der Waals surface area contributed by atoms with Crippen LogP contribution in [0.15, 0.2) is 52.2 Å². The van der Waals surface area contributed by atoms with E-state index in [0.29, 0.717) is 0 Å². The maximum atomic E-state index is 6.98. The molecule has 22 heavy (non-hydrogen) atoms. The fraction of sp³-hybridized carbons (Fsp3) is 0.412. The van der Waals surface area contributed by atoms with Crippen LogP contribution in [0.25, 0.3) is 5.73 Å². The maximum absolute atomic E-state index is 6.98. The number of hydrogen-bond donors (Lipinski definition) is 0. The summed E-state index contributed by atoms with van der Waals surface area (Å²) in [5, 5.41) is 0. The average molecular weight is 479 g/mol. The first-order valence-corrected chi connectivity index (χ1v) is 6.97. The van der Waals surface area contributed by atoms with Crippen molar-refractivity contribution in [1.82, 2.24) is 4.98 Å². The van der Waals surface area contributed by atoms with Gasteiger partial charge in [0, 0.05) is 12.4 Å². The van der Waals surface area contributed by atoms with Gasteiger partial charge in [-0.2, -0.15) is 12.4 Å². The molecule has 1 N–H and O–H groups in total. The van der Waals surface area contributed by atoms with Gasteiger partial charge in [0.2, 0.25) is 0 Å². The minimum Gasteiger partial charge on any atom is -0.705 e. The van der Waals surface area contributed by atoms with E-state index < -0.39 is 0 Å². The van der Waals surface area contributed by atoms with Crippen LogP contribution in [-0.4, -0.2) is 23.5 Å². The Balaban J connectivity index is 0.00000441. The molecule has 5 heteroatoms. The van der Waals surface area contributed by atoms with Gasteiger partial charge in [-0.05, 0) is 40.2 Å². The van der Waals surface area contributed by atoms with Crippen LogP contribution in [-0.2, 0) is 21.1 Å². The van der Waals surface area contributed by atoms with E-state index in [0.717, 1.165) is 11.3 Å². The van der Waals surface area contributed by atoms with Crippen LogP contribution in [0.3, 0.4) is 0 Å². The molecule has 0 atom stereocenters. The normalized spacial score (nSPS) is 14.1. The molecule has 0 aromatic carbocycles. The van der Waals surface area contributed by atoms with Gasteiger partial charge in [-0.15, -0.1) is 5.69 Å². The molecular weight excluding hydrogens is 455 g/mol. The first kappa shape index (κ1) is 20.6. The molecule has 0 amide bonds. The van der Waals surface area contributed by atoms with Crippen molar-refractivity contribution in [1.29, 1.82) is 0 Å². The summed E-state index contributed by atoms with van der Waals surface area (Å²) in [7, 11) is 0. The maximum Gasteiger partial charge on any atom is 2.00 e. The second-order valence-electron chi connectivity index (χ2n) is 5.97. The van der Waals surface area contributed by atoms with Crippen molar-refractivity contribution >= 4 is 12.4 Å². The van der Waals surface area contributed by atoms with E-state index in [1.807, 2.05) is 31.3 Å². The van der Waals surface area contributed by atoms with Crippen molar-refractivity contribution in [3.63, 3.8) is 0 Å². The third-order valence-electron chi connectivity index (χ3n) is 3.64. The van der Waals surface area contributed by atoms with Gasteiger partial charge in [0.15, 0.2) is 0 Å². The molecule has 0 aliphatic carbocycles. The van der Waals surface area contributed by atoms with E-state index in [1.165, 1.54) is 6.20 Å². The zero-order valence-electron chi connectivity index (χ0n) is 13.8. The molecule has 1 heterocycles. The topological polar surface area (TPSA) is 62.6 Å². The van der Waals surface area contributed by atoms with Crippen LogP contribution in [0.2, 0.25) is 0 Å². The predicted octanol–water partition coefficient (Wildman–Crippen LogP) is 4.20. The number of nitrogens with one attached hydrogen (secondary N) is 1. The van der Waals surface area contributed by atoms with Crippen molar-refractivity contribution in [2.75, 3.05) is 0 Å². The number of aliphatic imine (C=N–C) groups is 2. The Kier molecular flexibility index (Phi) is 8.32. The Bertz CT molecular complexity index is 549. The fourth-order valence-electron chi connectivity index (χ4n) is 1.44. The Morgan fingerprint density at radius 1 is 1.18 bits per heavy atom. The third-order valence-corrected chi connectivity index (χ3v) is 3.64. The zero-order valence-corrected chi connectivity index (χ0v) is 16.0. The van der Waals surface area contributed by atoms with Crippen molar-refractivity contribution in [2.24, 2.45) is 9.98 Å². The van der Waals surface area contributed by atoms with E-state index in [4.69, 9.17) is 5.73 Å². The molecule has 0 aliphatic heterocycles. The van der Waals surface area contributed by atoms with Gasteiger partial charge in [0.05, 0.1) is 11.1 Å². The first-order valence-electron chi connectivity index (χ1n) is 6.97. The first-order chi connectivity index (χ1) is 9.78. The average Bonchev–Trinajstić information content (AvgIpc) is 2.94. The number of nitrogens with zero attached hydrogens (tertiary/aromatic N) is 3. The summed E-state index contributed by atoms with van der Waals surface area (Å²) in [6.07, 6.45) is 10.2. The Hall–Kier alpha value is -1.41. The molecule has 0 fully saturated rings. The number of allylic oxidation sites excluding steroid dienone is 3. The van der Waals surface area contributed by atoms with Crippen molar-refractivity contribution in [2.45, 2.75) is 45.7 Å². The van der Waals surface area contributed by atoms with Gasteiger partial charge in [0.1, 0.15) is 0 Å². The summed E-state index contributed by atoms with van der Waals surface area (Å²) in [6.45, 7) is 10.2. The third kappa shape index (κ3) is 6.15. The van der Waals surface area contributed by atoms with Gasteiger partial charge in [-0.1, -0.05) is 24.3 Å². The molecule has 0 saturated heterocycles. The Morgan fingerprint density at radius 2 is 1.82 bits per heavy atom. The monoisotopic (exact) mass is 479 g/mol. The second-order valence-corrected chi connectivity index (χ2v) is 5.97. The molecule has 1 rings (SSSR count). The Morgan fingerprint density at radius 3 is 2.36 bits per heavy atom. The van der Waals surface area contributed by atoms with Crippen LogP contribution < -0.4 is 4.98 Å². The molecule has 0 spiro atoms. The summed E-state index contributed by atoms with van der Waals surface area (Å²) in [5.41, 5.74) is 8.14. The quantitative estimate of drug-likeness (QED) is 0.446. The van der Waals surface area contributed by atoms with E-state index in [1.54, 1.807) is 18.5 Å². The molecular formula is C17H24N4Pt. The van der Waals surface area contributed by atoms with Crippen LogP contribution in [0, 0.1) is 0 Å². The molecule has 1 aromatic rings. The molecule has 0 radical (unpaired) electrons. The van der Waals surface area contributed by atoms with Crippen molar-refractivity contribution in [3.8, 4) is 0 Å². The number of rotatable bonds is 6. The fourth-order valence-corrected chi connectivity index (χ4v) is 1.44. The molecule has 1 aromatic heterocycles. The molecule has 0 saturated carbocycles. The predicted molar refractivity (Wildman–Crippen MR) is 91.2 cm³/mol. The summed E-state index contributed by atoms with van der Waals surface area (Å²) in [4.78, 5) is 13.5. The molecule has 0 aliphatic rings. The van der Waals surface area contributed by atoms with Crippen LogP contribution in [0.1, 0.15) is 40.3 Å². The largest absolute Gasteiger partial charge is 2.00 e. The van der Waals surface area contributed by atoms with Gasteiger partial charge < -0.3 is 10.7 Å². The van der Waals surface area contributed by atoms with E-state index in [2.05, 4.69) is 42.7 Å². The van der Waals surface area contributed by atoms with Gasteiger partial charge in [-0.25, -0.2) is 0 Å². The van der Waals surface area contributed by atoms with Crippen molar-refractivity contribution < 1.29 is 21.1 Å². The molecule has 0 bridgehead atoms. The van der Waals surface area contributed by atoms with Gasteiger partial charge in [0.25, 0.3) is 0 Å². The van der Waals surface area contributed by atoms with Gasteiger partial charge in [-0.3, -0.25) is 9.98 Å². The summed E-state index contributed by atoms with van der Waals surface area (Å²) < 4.78 is 0. The molecule has 122 valence electrons. The van der Waals surface area contributed by atoms with Crippen LogP contribution >= 0.6 is 0 Å². The summed E-state index contributed by atoms with van der Waals surface area (Å²) in [6, 6.07) is 3.82. The molecule has 0 unspecified atom stereocenters. The SMILES string of the molecule is C/C(C=NC(C)(C)C(C)(C)N=Cc1ccc[n-]1)=C\C=C/[NH-].[Pt+2]. The standard InChI is InChI=1S/C17H24N4.Pt/c1-14(8-6-10-18)12-20-16(2,3)17(4,5)21-13-15-9-7-11-19-15;/h6-13,18H,1-5H3;/q-2;+2/b10-6-,14-8+,20-12?,21-13?;. The minimum atomic E-state index is -0.353. The summed E-state index contributed by atoms with van der Waals surface area (Å²) in [5.74, 6) is 0. The zero-order chi connectivity index (χ0) is 15.9. The smallest absolute Gasteiger partial charge is 0.705 e. The van der Waals surface area contributed by atoms with Gasteiger partial charge >= 0.3 is 21.1 Å².